The van der Waals surface area contributed by atoms with E-state index in [2.05, 4.69) is 0 Å². The Morgan fingerprint density at radius 3 is 2.53 bits per heavy atom. The van der Waals surface area contributed by atoms with E-state index in [0.29, 0.717) is 6.54 Å². The van der Waals surface area contributed by atoms with Gasteiger partial charge in [0.1, 0.15) is 0 Å². The Bertz CT molecular complexity index is 561. The van der Waals surface area contributed by atoms with Crippen LogP contribution in [0.15, 0.2) is 48.8 Å². The van der Waals surface area contributed by atoms with E-state index in [1.165, 1.54) is 7.11 Å². The normalized spacial score (nSPS) is 9.53. The zero-order valence-corrected chi connectivity index (χ0v) is 11.1. The predicted molar refractivity (Wildman–Crippen MR) is 65.4 cm³/mol. The van der Waals surface area contributed by atoms with Crippen LogP contribution in [0.25, 0.3) is 0 Å². The van der Waals surface area contributed by atoms with Crippen molar-refractivity contribution in [3.63, 3.8) is 0 Å². The van der Waals surface area contributed by atoms with Gasteiger partial charge in [-0.25, -0.2) is 4.57 Å². The summed E-state index contributed by atoms with van der Waals surface area (Å²) < 4.78 is 6.91. The fourth-order valence-electron chi connectivity index (χ4n) is 1.73. The Morgan fingerprint density at radius 2 is 1.95 bits per heavy atom. The summed E-state index contributed by atoms with van der Waals surface area (Å²) in [6.07, 6.45) is 3.83. The molecule has 0 aliphatic heterocycles. The Kier molecular flexibility index (Phi) is 5.26. The minimum atomic E-state index is -0.433. The second-order valence-corrected chi connectivity index (χ2v) is 3.81. The van der Waals surface area contributed by atoms with Gasteiger partial charge in [0.05, 0.1) is 12.0 Å². The molecule has 0 saturated carbocycles. The monoisotopic (exact) mass is 280 g/mol. The molecule has 0 amide bonds. The number of hydrogen-bond donors (Lipinski definition) is 0. The molecule has 0 aliphatic rings. The zero-order valence-electron chi connectivity index (χ0n) is 10.3. The van der Waals surface area contributed by atoms with Crippen molar-refractivity contribution in [1.82, 2.24) is 0 Å². The molecule has 0 radical (unpaired) electrons. The van der Waals surface area contributed by atoms with E-state index in [1.807, 2.05) is 41.2 Å². The minimum Gasteiger partial charge on any atom is -1.00 e. The second-order valence-electron chi connectivity index (χ2n) is 3.81. The number of pyridine rings is 1. The molecule has 1 heterocycles. The van der Waals surface area contributed by atoms with Crippen molar-refractivity contribution in [3.8, 4) is 5.75 Å². The number of aromatic nitrogens is 1. The third kappa shape index (κ3) is 3.66. The van der Waals surface area contributed by atoms with E-state index in [-0.39, 0.29) is 23.8 Å². The Hall–Kier alpha value is -2.14. The topological polar surface area (TPSA) is 56.2 Å². The van der Waals surface area contributed by atoms with Crippen molar-refractivity contribution in [1.29, 1.82) is 0 Å². The van der Waals surface area contributed by atoms with E-state index in [4.69, 9.17) is 4.74 Å². The maximum Gasteiger partial charge on any atom is 0.311 e. The fraction of sp³-hybridized carbons (Fsp3) is 0.154. The number of methoxy groups -OCH3 is 1. The third-order valence-corrected chi connectivity index (χ3v) is 2.58. The lowest BCUT2D eigenvalue weighted by molar-refractivity contribution is -0.688. The molecule has 19 heavy (non-hydrogen) atoms. The molecule has 0 N–H and O–H groups in total. The number of rotatable bonds is 4. The van der Waals surface area contributed by atoms with E-state index < -0.39 is 4.92 Å². The first kappa shape index (κ1) is 14.9. The first-order valence-corrected chi connectivity index (χ1v) is 5.46. The minimum absolute atomic E-state index is 0. The molecule has 2 rings (SSSR count). The quantitative estimate of drug-likeness (QED) is 0.408. The molecule has 0 saturated heterocycles. The van der Waals surface area contributed by atoms with Crippen LogP contribution in [0.3, 0.4) is 0 Å². The molecular formula is C13H13ClN2O3. The standard InChI is InChI=1S/C13H13N2O3.ClH/c1-18-13-6-5-11(9-12(13)15(16)17)10-14-7-3-2-4-8-14;/h2-9H,10H2,1H3;1H/q+1;/p-1. The number of ether oxygens (including phenoxy) is 1. The van der Waals surface area contributed by atoms with Crippen LogP contribution in [0.4, 0.5) is 5.69 Å². The van der Waals surface area contributed by atoms with Crippen LogP contribution in [0.5, 0.6) is 5.75 Å². The summed E-state index contributed by atoms with van der Waals surface area (Å²) in [6.45, 7) is 0.589. The van der Waals surface area contributed by atoms with Gasteiger partial charge in [0.2, 0.25) is 0 Å². The van der Waals surface area contributed by atoms with Crippen LogP contribution in [0.1, 0.15) is 5.56 Å². The molecule has 0 bridgehead atoms. The van der Waals surface area contributed by atoms with Crippen molar-refractivity contribution in [3.05, 3.63) is 64.5 Å². The molecule has 100 valence electrons. The average Bonchev–Trinajstić information content (AvgIpc) is 2.40. The van der Waals surface area contributed by atoms with Gasteiger partial charge in [-0.2, -0.15) is 0 Å². The zero-order chi connectivity index (χ0) is 13.0. The van der Waals surface area contributed by atoms with E-state index >= 15 is 0 Å². The summed E-state index contributed by atoms with van der Waals surface area (Å²) in [6, 6.07) is 10.7. The molecule has 0 unspecified atom stereocenters. The molecule has 0 atom stereocenters. The largest absolute Gasteiger partial charge is 1.00 e. The van der Waals surface area contributed by atoms with Crippen LogP contribution < -0.4 is 21.7 Å². The van der Waals surface area contributed by atoms with Gasteiger partial charge >= 0.3 is 5.69 Å². The maximum absolute atomic E-state index is 10.9. The molecule has 5 nitrogen and oxygen atoms in total. The lowest BCUT2D eigenvalue weighted by Gasteiger charge is -2.03. The SMILES string of the molecule is COc1ccc(C[n+]2ccccc2)cc1[N+](=O)[O-].[Cl-]. The summed E-state index contributed by atoms with van der Waals surface area (Å²) in [7, 11) is 1.42. The van der Waals surface area contributed by atoms with Crippen LogP contribution in [0.2, 0.25) is 0 Å². The maximum atomic E-state index is 10.9. The molecule has 1 aromatic carbocycles. The summed E-state index contributed by atoms with van der Waals surface area (Å²) in [5, 5.41) is 10.9. The van der Waals surface area contributed by atoms with Gasteiger partial charge in [0.25, 0.3) is 0 Å². The number of hydrogen-bond acceptors (Lipinski definition) is 3. The lowest BCUT2D eigenvalue weighted by atomic mass is 10.2. The molecule has 1 aromatic heterocycles. The van der Waals surface area contributed by atoms with Crippen LogP contribution in [-0.2, 0) is 6.54 Å². The summed E-state index contributed by atoms with van der Waals surface area (Å²) in [4.78, 5) is 10.5. The second kappa shape index (κ2) is 6.70. The third-order valence-electron chi connectivity index (χ3n) is 2.58. The molecule has 2 aromatic rings. The highest BCUT2D eigenvalue weighted by Crippen LogP contribution is 2.27. The van der Waals surface area contributed by atoms with Crippen molar-refractivity contribution < 1.29 is 26.6 Å². The highest BCUT2D eigenvalue weighted by atomic mass is 35.5. The Balaban J connectivity index is 0.00000180. The van der Waals surface area contributed by atoms with Gasteiger partial charge < -0.3 is 17.1 Å². The van der Waals surface area contributed by atoms with E-state index in [0.717, 1.165) is 5.56 Å². The highest BCUT2D eigenvalue weighted by molar-refractivity contribution is 5.48. The Morgan fingerprint density at radius 1 is 1.26 bits per heavy atom. The van der Waals surface area contributed by atoms with Crippen molar-refractivity contribution in [2.24, 2.45) is 0 Å². The van der Waals surface area contributed by atoms with Gasteiger partial charge in [0.15, 0.2) is 24.7 Å². The fourth-order valence-corrected chi connectivity index (χ4v) is 1.73. The predicted octanol–water partition coefficient (Wildman–Crippen LogP) is -1.06. The summed E-state index contributed by atoms with van der Waals surface area (Å²) >= 11 is 0. The molecule has 0 aliphatic carbocycles. The summed E-state index contributed by atoms with van der Waals surface area (Å²) in [5.74, 6) is 0.279. The van der Waals surface area contributed by atoms with Crippen LogP contribution >= 0.6 is 0 Å². The number of benzene rings is 1. The van der Waals surface area contributed by atoms with E-state index in [1.54, 1.807) is 12.1 Å². The van der Waals surface area contributed by atoms with Crippen molar-refractivity contribution in [2.45, 2.75) is 6.54 Å². The first-order chi connectivity index (χ1) is 8.70. The number of nitrogens with zero attached hydrogens (tertiary/aromatic N) is 2. The van der Waals surface area contributed by atoms with Crippen molar-refractivity contribution in [2.75, 3.05) is 7.11 Å². The highest BCUT2D eigenvalue weighted by Gasteiger charge is 2.16. The van der Waals surface area contributed by atoms with Gasteiger partial charge in [-0.15, -0.1) is 0 Å². The molecule has 0 fully saturated rings. The first-order valence-electron chi connectivity index (χ1n) is 5.46. The molecular weight excluding hydrogens is 268 g/mol. The van der Waals surface area contributed by atoms with Crippen molar-refractivity contribution >= 4 is 5.69 Å². The Labute approximate surface area is 117 Å². The average molecular weight is 281 g/mol. The summed E-state index contributed by atoms with van der Waals surface area (Å²) in [5.41, 5.74) is 0.852. The van der Waals surface area contributed by atoms with Crippen LogP contribution in [-0.4, -0.2) is 12.0 Å². The van der Waals surface area contributed by atoms with Crippen LogP contribution in [0, 0.1) is 10.1 Å². The molecule has 0 spiro atoms. The van der Waals surface area contributed by atoms with Gasteiger partial charge in [-0.1, -0.05) is 6.07 Å². The smallest absolute Gasteiger partial charge is 0.311 e. The lowest BCUT2D eigenvalue weighted by Crippen LogP contribution is -3.00. The van der Waals surface area contributed by atoms with Gasteiger partial charge in [-0.05, 0) is 12.1 Å². The number of halogens is 1. The number of nitro benzene ring substituents is 1. The van der Waals surface area contributed by atoms with E-state index in [9.17, 15) is 10.1 Å². The van der Waals surface area contributed by atoms with Gasteiger partial charge in [0, 0.05) is 23.8 Å². The number of nitro groups is 1. The molecule has 6 heteroatoms. The van der Waals surface area contributed by atoms with Gasteiger partial charge in [-0.3, -0.25) is 10.1 Å².